The van der Waals surface area contributed by atoms with Gasteiger partial charge in [0.1, 0.15) is 11.1 Å². The number of rotatable bonds is 5. The number of ether oxygens (including phenoxy) is 1. The van der Waals surface area contributed by atoms with Gasteiger partial charge in [-0.15, -0.1) is 23.7 Å². The third-order valence-electron chi connectivity index (χ3n) is 3.79. The third-order valence-corrected chi connectivity index (χ3v) is 4.88. The molecule has 1 aromatic heterocycles. The lowest BCUT2D eigenvalue weighted by molar-refractivity contribution is 0.111. The largest absolute Gasteiger partial charge is 0.391 e. The van der Waals surface area contributed by atoms with E-state index in [-0.39, 0.29) is 24.6 Å². The Bertz CT molecular complexity index is 412. The average molecular weight is 320 g/mol. The molecule has 114 valence electrons. The Balaban J connectivity index is 0.00000147. The minimum absolute atomic E-state index is 0. The molecule has 2 fully saturated rings. The number of nitrogens with one attached hydrogen (secondary N) is 2. The fourth-order valence-corrected chi connectivity index (χ4v) is 3.60. The van der Waals surface area contributed by atoms with Crippen LogP contribution in [-0.2, 0) is 11.3 Å². The topological polar surface area (TPSA) is 66.4 Å². The second-order valence-corrected chi connectivity index (χ2v) is 6.43. The van der Waals surface area contributed by atoms with Gasteiger partial charge in [-0.3, -0.25) is 0 Å². The minimum Gasteiger partial charge on any atom is -0.391 e. The normalized spacial score (nSPS) is 29.6. The Morgan fingerprint density at radius 3 is 3.10 bits per heavy atom. The zero-order chi connectivity index (χ0) is 13.1. The van der Waals surface area contributed by atoms with Crippen LogP contribution in [0.25, 0.3) is 0 Å². The summed E-state index contributed by atoms with van der Waals surface area (Å²) in [5, 5.41) is 17.4. The van der Waals surface area contributed by atoms with Crippen LogP contribution in [-0.4, -0.2) is 42.4 Å². The van der Waals surface area contributed by atoms with E-state index in [1.165, 1.54) is 4.88 Å². The lowest BCUT2D eigenvalue weighted by atomic mass is 10.1. The molecule has 0 aliphatic carbocycles. The molecule has 0 bridgehead atoms. The van der Waals surface area contributed by atoms with E-state index in [2.05, 4.69) is 15.6 Å². The van der Waals surface area contributed by atoms with E-state index in [4.69, 9.17) is 4.74 Å². The summed E-state index contributed by atoms with van der Waals surface area (Å²) in [4.78, 5) is 5.70. The van der Waals surface area contributed by atoms with Gasteiger partial charge >= 0.3 is 0 Å². The van der Waals surface area contributed by atoms with E-state index in [9.17, 15) is 5.11 Å². The fourth-order valence-electron chi connectivity index (χ4n) is 2.63. The Morgan fingerprint density at radius 1 is 1.50 bits per heavy atom. The lowest BCUT2D eigenvalue weighted by Crippen LogP contribution is -2.29. The van der Waals surface area contributed by atoms with E-state index in [1.807, 2.05) is 6.20 Å². The standard InChI is InChI=1S/C13H21N3O2S.ClH/c17-11-8-15-5-9(11)4-14-6-10-7-16-13(19-10)12-2-1-3-18-12;/h7,9,11-12,14-15,17H,1-6,8H2;1H. The highest BCUT2D eigenvalue weighted by Crippen LogP contribution is 2.31. The smallest absolute Gasteiger partial charge is 0.122 e. The van der Waals surface area contributed by atoms with E-state index < -0.39 is 0 Å². The molecule has 3 N–H and O–H groups in total. The first-order chi connectivity index (χ1) is 9.33. The van der Waals surface area contributed by atoms with Crippen molar-refractivity contribution in [3.63, 3.8) is 0 Å². The first kappa shape index (κ1) is 16.1. The van der Waals surface area contributed by atoms with Gasteiger partial charge in [-0.05, 0) is 12.8 Å². The van der Waals surface area contributed by atoms with Gasteiger partial charge < -0.3 is 20.5 Å². The maximum atomic E-state index is 9.71. The molecular weight excluding hydrogens is 298 g/mol. The Labute approximate surface area is 129 Å². The zero-order valence-electron chi connectivity index (χ0n) is 11.4. The van der Waals surface area contributed by atoms with Crippen molar-refractivity contribution < 1.29 is 9.84 Å². The van der Waals surface area contributed by atoms with Crippen LogP contribution in [0.15, 0.2) is 6.20 Å². The Kier molecular flexibility index (Phi) is 6.20. The van der Waals surface area contributed by atoms with E-state index in [1.54, 1.807) is 11.3 Å². The molecule has 2 aliphatic rings. The van der Waals surface area contributed by atoms with Gasteiger partial charge in [0, 0.05) is 49.8 Å². The Hall–Kier alpha value is -0.240. The second-order valence-electron chi connectivity index (χ2n) is 5.28. The number of β-amino-alcohol motifs (C(OH)–C–C–N with tert-alkyl or cyclic N) is 1. The molecule has 2 aliphatic heterocycles. The van der Waals surface area contributed by atoms with Crippen LogP contribution in [0.1, 0.15) is 28.8 Å². The predicted molar refractivity (Wildman–Crippen MR) is 81.4 cm³/mol. The van der Waals surface area contributed by atoms with Crippen molar-refractivity contribution in [3.05, 3.63) is 16.1 Å². The van der Waals surface area contributed by atoms with E-state index in [0.29, 0.717) is 5.92 Å². The molecule has 3 atom stereocenters. The number of nitrogens with zero attached hydrogens (tertiary/aromatic N) is 1. The summed E-state index contributed by atoms with van der Waals surface area (Å²) in [5.41, 5.74) is 0. The van der Waals surface area contributed by atoms with E-state index >= 15 is 0 Å². The van der Waals surface area contributed by atoms with Crippen molar-refractivity contribution >= 4 is 23.7 Å². The molecule has 0 aromatic carbocycles. The molecule has 0 amide bonds. The number of hydrogen-bond acceptors (Lipinski definition) is 6. The molecule has 0 saturated carbocycles. The van der Waals surface area contributed by atoms with Crippen molar-refractivity contribution in [2.75, 3.05) is 26.2 Å². The number of aliphatic hydroxyl groups is 1. The highest BCUT2D eigenvalue weighted by Gasteiger charge is 2.24. The molecule has 20 heavy (non-hydrogen) atoms. The molecule has 3 unspecified atom stereocenters. The van der Waals surface area contributed by atoms with Crippen LogP contribution in [0.4, 0.5) is 0 Å². The highest BCUT2D eigenvalue weighted by molar-refractivity contribution is 7.11. The maximum absolute atomic E-state index is 9.71. The second kappa shape index (κ2) is 7.68. The fraction of sp³-hybridized carbons (Fsp3) is 0.769. The third kappa shape index (κ3) is 3.90. The van der Waals surface area contributed by atoms with Crippen LogP contribution in [0.5, 0.6) is 0 Å². The zero-order valence-corrected chi connectivity index (χ0v) is 13.0. The summed E-state index contributed by atoms with van der Waals surface area (Å²) in [6.07, 6.45) is 4.19. The van der Waals surface area contributed by atoms with Gasteiger partial charge in [0.05, 0.1) is 6.10 Å². The van der Waals surface area contributed by atoms with Crippen LogP contribution in [0.2, 0.25) is 0 Å². The van der Waals surface area contributed by atoms with Crippen LogP contribution >= 0.6 is 23.7 Å². The van der Waals surface area contributed by atoms with Crippen LogP contribution in [0.3, 0.4) is 0 Å². The number of hydrogen-bond donors (Lipinski definition) is 3. The molecule has 3 rings (SSSR count). The Morgan fingerprint density at radius 2 is 2.40 bits per heavy atom. The molecule has 5 nitrogen and oxygen atoms in total. The summed E-state index contributed by atoms with van der Waals surface area (Å²) in [6.45, 7) is 4.16. The van der Waals surface area contributed by atoms with Gasteiger partial charge in [0.15, 0.2) is 0 Å². The molecule has 7 heteroatoms. The molecule has 1 aromatic rings. The molecule has 0 radical (unpaired) electrons. The van der Waals surface area contributed by atoms with Crippen molar-refractivity contribution in [2.24, 2.45) is 5.92 Å². The van der Waals surface area contributed by atoms with Gasteiger partial charge in [-0.1, -0.05) is 0 Å². The number of thiazole rings is 1. The quantitative estimate of drug-likeness (QED) is 0.758. The van der Waals surface area contributed by atoms with Crippen molar-refractivity contribution in [1.29, 1.82) is 0 Å². The first-order valence-corrected chi connectivity index (χ1v) is 7.80. The lowest BCUT2D eigenvalue weighted by Gasteiger charge is -2.13. The number of aromatic nitrogens is 1. The van der Waals surface area contributed by atoms with Crippen LogP contribution < -0.4 is 10.6 Å². The highest BCUT2D eigenvalue weighted by atomic mass is 35.5. The molecular formula is C13H22ClN3O2S. The predicted octanol–water partition coefficient (Wildman–Crippen LogP) is 1.09. The first-order valence-electron chi connectivity index (χ1n) is 6.98. The summed E-state index contributed by atoms with van der Waals surface area (Å²) < 4.78 is 5.64. The monoisotopic (exact) mass is 319 g/mol. The summed E-state index contributed by atoms with van der Waals surface area (Å²) in [5.74, 6) is 0.325. The van der Waals surface area contributed by atoms with Crippen molar-refractivity contribution in [3.8, 4) is 0 Å². The SMILES string of the molecule is Cl.OC1CNCC1CNCc1cnc(C2CCCO2)s1. The average Bonchev–Trinajstić information content (AvgIpc) is 3.11. The summed E-state index contributed by atoms with van der Waals surface area (Å²) >= 11 is 1.74. The number of halogens is 1. The van der Waals surface area contributed by atoms with Crippen molar-refractivity contribution in [1.82, 2.24) is 15.6 Å². The molecule has 2 saturated heterocycles. The van der Waals surface area contributed by atoms with Gasteiger partial charge in [0.2, 0.25) is 0 Å². The number of aliphatic hydroxyl groups excluding tert-OH is 1. The van der Waals surface area contributed by atoms with Crippen LogP contribution in [0, 0.1) is 5.92 Å². The van der Waals surface area contributed by atoms with Gasteiger partial charge in [-0.2, -0.15) is 0 Å². The minimum atomic E-state index is -0.212. The summed E-state index contributed by atoms with van der Waals surface area (Å²) in [7, 11) is 0. The molecule has 3 heterocycles. The van der Waals surface area contributed by atoms with Crippen molar-refractivity contribution in [2.45, 2.75) is 31.6 Å². The van der Waals surface area contributed by atoms with E-state index in [0.717, 1.165) is 50.6 Å². The summed E-state index contributed by atoms with van der Waals surface area (Å²) in [6, 6.07) is 0. The maximum Gasteiger partial charge on any atom is 0.122 e. The van der Waals surface area contributed by atoms with Gasteiger partial charge in [-0.25, -0.2) is 4.98 Å². The van der Waals surface area contributed by atoms with Gasteiger partial charge in [0.25, 0.3) is 0 Å². The molecule has 0 spiro atoms.